The lowest BCUT2D eigenvalue weighted by Gasteiger charge is -2.09. The summed E-state index contributed by atoms with van der Waals surface area (Å²) in [6.45, 7) is 2.86. The van der Waals surface area contributed by atoms with Gasteiger partial charge in [-0.05, 0) is 24.6 Å². The van der Waals surface area contributed by atoms with Crippen LogP contribution in [0.25, 0.3) is 0 Å². The molecule has 2 aromatic rings. The van der Waals surface area contributed by atoms with Crippen molar-refractivity contribution < 1.29 is 9.47 Å². The van der Waals surface area contributed by atoms with Crippen molar-refractivity contribution in [1.82, 2.24) is 4.98 Å². The van der Waals surface area contributed by atoms with Gasteiger partial charge in [0, 0.05) is 12.1 Å². The third-order valence-electron chi connectivity index (χ3n) is 2.98. The maximum Gasteiger partial charge on any atom is 0.231 e. The summed E-state index contributed by atoms with van der Waals surface area (Å²) in [7, 11) is 0. The van der Waals surface area contributed by atoms with Gasteiger partial charge in [0.25, 0.3) is 0 Å². The number of ether oxygens (including phenoxy) is 2. The molecule has 2 heterocycles. The Hall–Kier alpha value is -1.94. The molecule has 1 aromatic carbocycles. The molecule has 0 fully saturated rings. The second-order valence-electron chi connectivity index (χ2n) is 4.34. The summed E-state index contributed by atoms with van der Waals surface area (Å²) in [5, 5.41) is 3.83. The number of rotatable bonds is 3. The molecule has 0 saturated carbocycles. The summed E-state index contributed by atoms with van der Waals surface area (Å²) in [5.74, 6) is 1.61. The average molecular weight is 277 g/mol. The first kappa shape index (κ1) is 12.1. The molecule has 19 heavy (non-hydrogen) atoms. The fourth-order valence-corrected chi connectivity index (χ4v) is 2.09. The lowest BCUT2D eigenvalue weighted by atomic mass is 10.2. The van der Waals surface area contributed by atoms with Gasteiger partial charge in [-0.1, -0.05) is 23.7 Å². The van der Waals surface area contributed by atoms with E-state index in [0.717, 1.165) is 28.3 Å². The van der Waals surface area contributed by atoms with Crippen LogP contribution in [0.3, 0.4) is 0 Å². The van der Waals surface area contributed by atoms with Crippen molar-refractivity contribution in [3.63, 3.8) is 0 Å². The van der Waals surface area contributed by atoms with E-state index in [-0.39, 0.29) is 6.79 Å². The van der Waals surface area contributed by atoms with Gasteiger partial charge in [0.15, 0.2) is 11.5 Å². The molecule has 98 valence electrons. The van der Waals surface area contributed by atoms with Gasteiger partial charge in [-0.3, -0.25) is 0 Å². The van der Waals surface area contributed by atoms with Gasteiger partial charge in [-0.15, -0.1) is 0 Å². The predicted molar refractivity (Wildman–Crippen MR) is 73.9 cm³/mol. The van der Waals surface area contributed by atoms with Gasteiger partial charge in [-0.25, -0.2) is 4.98 Å². The number of benzene rings is 1. The molecule has 1 aliphatic heterocycles. The first-order valence-corrected chi connectivity index (χ1v) is 6.35. The Balaban J connectivity index is 1.76. The minimum atomic E-state index is 0.286. The number of nitrogens with one attached hydrogen (secondary N) is 1. The number of anilines is 1. The van der Waals surface area contributed by atoms with Crippen LogP contribution in [0.5, 0.6) is 11.5 Å². The van der Waals surface area contributed by atoms with E-state index in [1.165, 1.54) is 0 Å². The Labute approximate surface area is 116 Å². The molecule has 0 unspecified atom stereocenters. The van der Waals surface area contributed by atoms with E-state index in [1.54, 1.807) is 6.20 Å². The van der Waals surface area contributed by atoms with E-state index < -0.39 is 0 Å². The van der Waals surface area contributed by atoms with E-state index in [9.17, 15) is 0 Å². The summed E-state index contributed by atoms with van der Waals surface area (Å²) < 4.78 is 10.8. The Kier molecular flexibility index (Phi) is 3.17. The topological polar surface area (TPSA) is 43.4 Å². The van der Waals surface area contributed by atoms with E-state index in [0.29, 0.717) is 11.7 Å². The highest BCUT2D eigenvalue weighted by molar-refractivity contribution is 6.30. The number of pyridine rings is 1. The first-order valence-electron chi connectivity index (χ1n) is 5.97. The van der Waals surface area contributed by atoms with Crippen LogP contribution >= 0.6 is 11.6 Å². The number of para-hydroxylation sites is 1. The standard InChI is InChI=1S/C14H13ClN2O2/c1-9-5-11(7-17-14(9)15)16-6-10-3-2-4-12-13(10)19-8-18-12/h2-5,7,16H,6,8H2,1H3. The van der Waals surface area contributed by atoms with Crippen LogP contribution in [0, 0.1) is 6.92 Å². The Morgan fingerprint density at radius 1 is 1.37 bits per heavy atom. The van der Waals surface area contributed by atoms with E-state index >= 15 is 0 Å². The summed E-state index contributed by atoms with van der Waals surface area (Å²) in [4.78, 5) is 4.11. The molecular formula is C14H13ClN2O2. The summed E-state index contributed by atoms with van der Waals surface area (Å²) in [6.07, 6.45) is 1.72. The lowest BCUT2D eigenvalue weighted by Crippen LogP contribution is -2.02. The summed E-state index contributed by atoms with van der Waals surface area (Å²) >= 11 is 5.90. The monoisotopic (exact) mass is 276 g/mol. The first-order chi connectivity index (χ1) is 9.24. The molecule has 4 nitrogen and oxygen atoms in total. The highest BCUT2D eigenvalue weighted by Crippen LogP contribution is 2.35. The molecule has 3 rings (SSSR count). The largest absolute Gasteiger partial charge is 0.454 e. The number of nitrogens with zero attached hydrogens (tertiary/aromatic N) is 1. The predicted octanol–water partition coefficient (Wildman–Crippen LogP) is 3.38. The zero-order chi connectivity index (χ0) is 13.2. The SMILES string of the molecule is Cc1cc(NCc2cccc3c2OCO3)cnc1Cl. The minimum Gasteiger partial charge on any atom is -0.454 e. The second-order valence-corrected chi connectivity index (χ2v) is 4.69. The van der Waals surface area contributed by atoms with Gasteiger partial charge in [0.05, 0.1) is 11.9 Å². The lowest BCUT2D eigenvalue weighted by molar-refractivity contribution is 0.173. The van der Waals surface area contributed by atoms with Crippen LogP contribution < -0.4 is 14.8 Å². The Morgan fingerprint density at radius 3 is 3.11 bits per heavy atom. The van der Waals surface area contributed by atoms with Crippen LogP contribution in [0.15, 0.2) is 30.5 Å². The van der Waals surface area contributed by atoms with Gasteiger partial charge in [0.1, 0.15) is 5.15 Å². The highest BCUT2D eigenvalue weighted by Gasteiger charge is 2.16. The molecule has 0 aliphatic carbocycles. The van der Waals surface area contributed by atoms with Crippen LogP contribution in [0.4, 0.5) is 5.69 Å². The zero-order valence-corrected chi connectivity index (χ0v) is 11.2. The van der Waals surface area contributed by atoms with Crippen LogP contribution in [-0.4, -0.2) is 11.8 Å². The smallest absolute Gasteiger partial charge is 0.231 e. The van der Waals surface area contributed by atoms with Crippen molar-refractivity contribution in [1.29, 1.82) is 0 Å². The highest BCUT2D eigenvalue weighted by atomic mass is 35.5. The molecule has 0 amide bonds. The van der Waals surface area contributed by atoms with Crippen molar-refractivity contribution in [2.45, 2.75) is 13.5 Å². The van der Waals surface area contributed by atoms with E-state index in [1.807, 2.05) is 31.2 Å². The fraction of sp³-hybridized carbons (Fsp3) is 0.214. The molecule has 0 atom stereocenters. The van der Waals surface area contributed by atoms with Crippen molar-refractivity contribution in [2.24, 2.45) is 0 Å². The van der Waals surface area contributed by atoms with Crippen LogP contribution in [0.2, 0.25) is 5.15 Å². The average Bonchev–Trinajstić information content (AvgIpc) is 2.89. The third kappa shape index (κ3) is 2.44. The number of aromatic nitrogens is 1. The van der Waals surface area contributed by atoms with Crippen molar-refractivity contribution >= 4 is 17.3 Å². The quantitative estimate of drug-likeness (QED) is 0.873. The van der Waals surface area contributed by atoms with Gasteiger partial charge in [0.2, 0.25) is 6.79 Å². The number of hydrogen-bond acceptors (Lipinski definition) is 4. The van der Waals surface area contributed by atoms with E-state index in [2.05, 4.69) is 10.3 Å². The summed E-state index contributed by atoms with van der Waals surface area (Å²) in [6, 6.07) is 7.84. The molecular weight excluding hydrogens is 264 g/mol. The van der Waals surface area contributed by atoms with E-state index in [4.69, 9.17) is 21.1 Å². The molecule has 1 aromatic heterocycles. The third-order valence-corrected chi connectivity index (χ3v) is 3.37. The summed E-state index contributed by atoms with van der Waals surface area (Å²) in [5.41, 5.74) is 2.94. The maximum absolute atomic E-state index is 5.90. The molecule has 0 spiro atoms. The van der Waals surface area contributed by atoms with Crippen molar-refractivity contribution in [3.8, 4) is 11.5 Å². The molecule has 1 aliphatic rings. The second kappa shape index (κ2) is 4.97. The zero-order valence-electron chi connectivity index (χ0n) is 10.4. The van der Waals surface area contributed by atoms with Gasteiger partial charge in [-0.2, -0.15) is 0 Å². The fourth-order valence-electron chi connectivity index (χ4n) is 1.98. The number of hydrogen-bond donors (Lipinski definition) is 1. The minimum absolute atomic E-state index is 0.286. The Morgan fingerprint density at radius 2 is 2.26 bits per heavy atom. The number of fused-ring (bicyclic) bond motifs is 1. The van der Waals surface area contributed by atoms with Gasteiger partial charge >= 0.3 is 0 Å². The van der Waals surface area contributed by atoms with Crippen LogP contribution in [0.1, 0.15) is 11.1 Å². The van der Waals surface area contributed by atoms with Crippen molar-refractivity contribution in [2.75, 3.05) is 12.1 Å². The molecule has 0 radical (unpaired) electrons. The molecule has 0 bridgehead atoms. The number of aryl methyl sites for hydroxylation is 1. The molecule has 5 heteroatoms. The molecule has 1 N–H and O–H groups in total. The number of halogens is 1. The normalized spacial score (nSPS) is 12.5. The maximum atomic E-state index is 5.90. The van der Waals surface area contributed by atoms with Crippen molar-refractivity contribution in [3.05, 3.63) is 46.7 Å². The molecule has 0 saturated heterocycles. The Bertz CT molecular complexity index is 616. The van der Waals surface area contributed by atoms with Crippen LogP contribution in [-0.2, 0) is 6.54 Å². The van der Waals surface area contributed by atoms with Gasteiger partial charge < -0.3 is 14.8 Å².